The van der Waals surface area contributed by atoms with Gasteiger partial charge in [-0.05, 0) is 39.0 Å². The van der Waals surface area contributed by atoms with Crippen molar-refractivity contribution in [2.24, 2.45) is 0 Å². The highest BCUT2D eigenvalue weighted by molar-refractivity contribution is 6.05. The van der Waals surface area contributed by atoms with Crippen LogP contribution in [0.5, 0.6) is 0 Å². The molecular weight excluding hydrogens is 322 g/mol. The summed E-state index contributed by atoms with van der Waals surface area (Å²) in [5, 5.41) is 20.2. The number of esters is 1. The summed E-state index contributed by atoms with van der Waals surface area (Å²) in [6.45, 7) is 5.24. The molecule has 1 heterocycles. The molecule has 0 unspecified atom stereocenters. The summed E-state index contributed by atoms with van der Waals surface area (Å²) in [6.07, 6.45) is 0. The molecule has 1 aromatic heterocycles. The van der Waals surface area contributed by atoms with Gasteiger partial charge >= 0.3 is 5.97 Å². The fourth-order valence-electron chi connectivity index (χ4n) is 1.90. The Labute approximate surface area is 144 Å². The molecule has 0 spiro atoms. The van der Waals surface area contributed by atoms with E-state index in [2.05, 4.69) is 15.3 Å². The first-order chi connectivity index (χ1) is 11.7. The third kappa shape index (κ3) is 4.43. The van der Waals surface area contributed by atoms with Gasteiger partial charge in [0.2, 0.25) is 5.95 Å². The zero-order chi connectivity index (χ0) is 18.6. The van der Waals surface area contributed by atoms with E-state index in [1.54, 1.807) is 45.0 Å². The Morgan fingerprint density at radius 1 is 1.20 bits per heavy atom. The summed E-state index contributed by atoms with van der Waals surface area (Å²) in [7, 11) is 0. The molecule has 0 atom stereocenters. The Kier molecular flexibility index (Phi) is 4.85. The van der Waals surface area contributed by atoms with Gasteiger partial charge in [-0.25, -0.2) is 9.78 Å². The van der Waals surface area contributed by atoms with Gasteiger partial charge in [0.25, 0.3) is 5.91 Å². The number of carbonyl (C=O) groups is 2. The van der Waals surface area contributed by atoms with E-state index in [0.717, 1.165) is 0 Å². The van der Waals surface area contributed by atoms with Crippen LogP contribution in [-0.4, -0.2) is 27.4 Å². The van der Waals surface area contributed by atoms with Crippen LogP contribution in [0.2, 0.25) is 0 Å². The van der Waals surface area contributed by atoms with Gasteiger partial charge < -0.3 is 9.72 Å². The van der Waals surface area contributed by atoms with Crippen LogP contribution in [0.3, 0.4) is 0 Å². The van der Waals surface area contributed by atoms with Crippen molar-refractivity contribution in [1.29, 1.82) is 10.5 Å². The van der Waals surface area contributed by atoms with E-state index in [1.165, 1.54) is 12.1 Å². The third-order valence-corrected chi connectivity index (χ3v) is 2.91. The van der Waals surface area contributed by atoms with E-state index in [1.807, 2.05) is 0 Å². The first kappa shape index (κ1) is 17.7. The minimum Gasteiger partial charge on any atom is -0.456 e. The number of nitrogens with zero attached hydrogens (tertiary/aromatic N) is 3. The number of anilines is 1. The molecule has 2 rings (SSSR count). The molecule has 0 aliphatic rings. The maximum absolute atomic E-state index is 12.3. The number of nitriles is 2. The molecule has 25 heavy (non-hydrogen) atoms. The number of hydrogen-bond acceptors (Lipinski definition) is 6. The van der Waals surface area contributed by atoms with Gasteiger partial charge in [0, 0.05) is 5.56 Å². The van der Waals surface area contributed by atoms with E-state index >= 15 is 0 Å². The fraction of sp³-hybridized carbons (Fsp3) is 0.235. The minimum atomic E-state index is -0.648. The van der Waals surface area contributed by atoms with Crippen LogP contribution in [0, 0.1) is 22.7 Å². The van der Waals surface area contributed by atoms with E-state index < -0.39 is 17.5 Å². The SMILES string of the molecule is CC(C)(C)OC(=O)c1cccc(C(=O)Nc2nc(C#N)c(C#N)[nH]2)c1. The lowest BCUT2D eigenvalue weighted by Crippen LogP contribution is -2.24. The van der Waals surface area contributed by atoms with Crippen molar-refractivity contribution in [2.75, 3.05) is 5.32 Å². The van der Waals surface area contributed by atoms with Crippen molar-refractivity contribution >= 4 is 17.8 Å². The molecule has 0 bridgehead atoms. The molecule has 2 N–H and O–H groups in total. The summed E-state index contributed by atoms with van der Waals surface area (Å²) in [5.41, 5.74) is -0.361. The number of ether oxygens (including phenoxy) is 1. The maximum atomic E-state index is 12.3. The predicted octanol–water partition coefficient (Wildman–Crippen LogP) is 2.36. The summed E-state index contributed by atoms with van der Waals surface area (Å²) < 4.78 is 5.26. The standard InChI is InChI=1S/C17H15N5O3/c1-17(2,3)25-15(24)11-6-4-5-10(7-11)14(23)22-16-20-12(8-18)13(9-19)21-16/h4-7H,1-3H3,(H2,20,21,22,23). The maximum Gasteiger partial charge on any atom is 0.338 e. The first-order valence-corrected chi connectivity index (χ1v) is 7.28. The molecular formula is C17H15N5O3. The average Bonchev–Trinajstić information content (AvgIpc) is 2.95. The third-order valence-electron chi connectivity index (χ3n) is 2.91. The van der Waals surface area contributed by atoms with Crippen molar-refractivity contribution in [2.45, 2.75) is 26.4 Å². The number of imidazole rings is 1. The van der Waals surface area contributed by atoms with E-state index in [0.29, 0.717) is 0 Å². The van der Waals surface area contributed by atoms with Crippen molar-refractivity contribution in [3.05, 3.63) is 46.8 Å². The summed E-state index contributed by atoms with van der Waals surface area (Å²) >= 11 is 0. The summed E-state index contributed by atoms with van der Waals surface area (Å²) in [4.78, 5) is 30.7. The van der Waals surface area contributed by atoms with E-state index in [-0.39, 0.29) is 28.5 Å². The van der Waals surface area contributed by atoms with Crippen molar-refractivity contribution in [3.63, 3.8) is 0 Å². The van der Waals surface area contributed by atoms with Crippen molar-refractivity contribution in [1.82, 2.24) is 9.97 Å². The van der Waals surface area contributed by atoms with Gasteiger partial charge in [-0.1, -0.05) is 6.07 Å². The minimum absolute atomic E-state index is 0.0271. The Bertz CT molecular complexity index is 878. The lowest BCUT2D eigenvalue weighted by Gasteiger charge is -2.19. The lowest BCUT2D eigenvalue weighted by molar-refractivity contribution is 0.00695. The zero-order valence-corrected chi connectivity index (χ0v) is 13.9. The van der Waals surface area contributed by atoms with Gasteiger partial charge in [-0.15, -0.1) is 0 Å². The van der Waals surface area contributed by atoms with Gasteiger partial charge in [0.15, 0.2) is 11.4 Å². The molecule has 1 amide bonds. The summed E-state index contributed by atoms with van der Waals surface area (Å²) in [5.74, 6) is -1.12. The van der Waals surface area contributed by atoms with Crippen LogP contribution >= 0.6 is 0 Å². The van der Waals surface area contributed by atoms with Gasteiger partial charge in [0.1, 0.15) is 17.7 Å². The molecule has 0 radical (unpaired) electrons. The number of carbonyl (C=O) groups excluding carboxylic acids is 2. The fourth-order valence-corrected chi connectivity index (χ4v) is 1.90. The first-order valence-electron chi connectivity index (χ1n) is 7.28. The van der Waals surface area contributed by atoms with Gasteiger partial charge in [-0.2, -0.15) is 10.5 Å². The second-order valence-electron chi connectivity index (χ2n) is 6.07. The molecule has 8 heteroatoms. The molecule has 0 fully saturated rings. The predicted molar refractivity (Wildman–Crippen MR) is 87.6 cm³/mol. The highest BCUT2D eigenvalue weighted by Crippen LogP contribution is 2.15. The molecule has 0 aliphatic carbocycles. The number of benzene rings is 1. The number of nitrogens with one attached hydrogen (secondary N) is 2. The largest absolute Gasteiger partial charge is 0.456 e. The normalized spacial score (nSPS) is 10.4. The number of aromatic amines is 1. The van der Waals surface area contributed by atoms with Crippen molar-refractivity contribution in [3.8, 4) is 12.1 Å². The highest BCUT2D eigenvalue weighted by atomic mass is 16.6. The molecule has 0 saturated heterocycles. The number of amides is 1. The summed E-state index contributed by atoms with van der Waals surface area (Å²) in [6, 6.07) is 9.52. The average molecular weight is 337 g/mol. The van der Waals surface area contributed by atoms with Crippen LogP contribution in [0.25, 0.3) is 0 Å². The molecule has 0 aliphatic heterocycles. The number of aromatic nitrogens is 2. The molecule has 8 nitrogen and oxygen atoms in total. The zero-order valence-electron chi connectivity index (χ0n) is 13.9. The Hall–Kier alpha value is -3.65. The number of hydrogen-bond donors (Lipinski definition) is 2. The lowest BCUT2D eigenvalue weighted by atomic mass is 10.1. The molecule has 126 valence electrons. The monoisotopic (exact) mass is 337 g/mol. The smallest absolute Gasteiger partial charge is 0.338 e. The Morgan fingerprint density at radius 3 is 2.44 bits per heavy atom. The quantitative estimate of drug-likeness (QED) is 0.826. The second kappa shape index (κ2) is 6.85. The van der Waals surface area contributed by atoms with Crippen LogP contribution < -0.4 is 5.32 Å². The van der Waals surface area contributed by atoms with Crippen LogP contribution in [0.15, 0.2) is 24.3 Å². The van der Waals surface area contributed by atoms with E-state index in [9.17, 15) is 9.59 Å². The van der Waals surface area contributed by atoms with Crippen molar-refractivity contribution < 1.29 is 14.3 Å². The number of H-pyrrole nitrogens is 1. The Morgan fingerprint density at radius 2 is 1.88 bits per heavy atom. The number of rotatable bonds is 3. The molecule has 1 aromatic carbocycles. The molecule has 2 aromatic rings. The topological polar surface area (TPSA) is 132 Å². The molecule has 0 saturated carbocycles. The van der Waals surface area contributed by atoms with E-state index in [4.69, 9.17) is 15.3 Å². The van der Waals surface area contributed by atoms with Crippen LogP contribution in [0.4, 0.5) is 5.95 Å². The highest BCUT2D eigenvalue weighted by Gasteiger charge is 2.19. The van der Waals surface area contributed by atoms with Crippen LogP contribution in [0.1, 0.15) is 52.9 Å². The Balaban J connectivity index is 2.19. The van der Waals surface area contributed by atoms with Crippen LogP contribution in [-0.2, 0) is 4.74 Å². The van der Waals surface area contributed by atoms with Gasteiger partial charge in [-0.3, -0.25) is 10.1 Å². The second-order valence-corrected chi connectivity index (χ2v) is 6.07. The van der Waals surface area contributed by atoms with Gasteiger partial charge in [0.05, 0.1) is 5.56 Å².